The van der Waals surface area contributed by atoms with Crippen molar-refractivity contribution in [1.29, 1.82) is 0 Å². The standard InChI is InChI=1S/C22H22N4O4S/c1-13(20(28)25-21-15(18(23)27)8-11-31-21)30-22(29)16-12-14-6-2-3-7-17(14)24-19(16)26-9-4-5-10-26/h2-3,6-8,11-13H,4-5,9-10H2,1H3,(H2,23,27)(H,25,28). The molecule has 3 aromatic rings. The van der Waals surface area contributed by atoms with E-state index in [1.165, 1.54) is 24.3 Å². The highest BCUT2D eigenvalue weighted by molar-refractivity contribution is 7.14. The molecule has 0 radical (unpaired) electrons. The Morgan fingerprint density at radius 2 is 1.90 bits per heavy atom. The topological polar surface area (TPSA) is 115 Å². The Morgan fingerprint density at radius 3 is 2.65 bits per heavy atom. The first-order valence-electron chi connectivity index (χ1n) is 9.98. The van der Waals surface area contributed by atoms with Gasteiger partial charge in [-0.05, 0) is 43.3 Å². The largest absolute Gasteiger partial charge is 0.449 e. The number of benzene rings is 1. The number of thiophene rings is 1. The fraction of sp³-hybridized carbons (Fsp3) is 0.273. The van der Waals surface area contributed by atoms with E-state index in [1.807, 2.05) is 24.3 Å². The van der Waals surface area contributed by atoms with Crippen molar-refractivity contribution in [2.24, 2.45) is 5.73 Å². The van der Waals surface area contributed by atoms with E-state index >= 15 is 0 Å². The number of carbonyl (C=O) groups is 3. The number of fused-ring (bicyclic) bond motifs is 1. The third-order valence-corrected chi connectivity index (χ3v) is 5.98. The molecule has 2 aromatic heterocycles. The Hall–Kier alpha value is -3.46. The first-order valence-corrected chi connectivity index (χ1v) is 10.9. The van der Waals surface area contributed by atoms with Crippen molar-refractivity contribution in [3.05, 3.63) is 52.9 Å². The lowest BCUT2D eigenvalue weighted by Crippen LogP contribution is -2.31. The minimum atomic E-state index is -1.08. The number of para-hydroxylation sites is 1. The molecule has 1 unspecified atom stereocenters. The summed E-state index contributed by atoms with van der Waals surface area (Å²) >= 11 is 1.17. The summed E-state index contributed by atoms with van der Waals surface area (Å²) in [6, 6.07) is 10.8. The minimum absolute atomic E-state index is 0.215. The molecule has 1 aromatic carbocycles. The maximum absolute atomic E-state index is 13.0. The Balaban J connectivity index is 1.55. The number of ether oxygens (including phenoxy) is 1. The van der Waals surface area contributed by atoms with Gasteiger partial charge in [0, 0.05) is 18.5 Å². The van der Waals surface area contributed by atoms with Crippen LogP contribution in [0.25, 0.3) is 10.9 Å². The molecule has 3 heterocycles. The Bertz CT molecular complexity index is 1150. The molecule has 4 rings (SSSR count). The van der Waals surface area contributed by atoms with E-state index in [1.54, 1.807) is 11.4 Å². The van der Waals surface area contributed by atoms with Gasteiger partial charge in [0.1, 0.15) is 16.4 Å². The van der Waals surface area contributed by atoms with Crippen LogP contribution in [0.5, 0.6) is 0 Å². The number of esters is 1. The summed E-state index contributed by atoms with van der Waals surface area (Å²) in [6.45, 7) is 3.11. The van der Waals surface area contributed by atoms with E-state index in [0.717, 1.165) is 36.8 Å². The van der Waals surface area contributed by atoms with Gasteiger partial charge in [0.2, 0.25) is 0 Å². The molecule has 1 aliphatic heterocycles. The van der Waals surface area contributed by atoms with Gasteiger partial charge in [-0.25, -0.2) is 9.78 Å². The maximum Gasteiger partial charge on any atom is 0.342 e. The van der Waals surface area contributed by atoms with Gasteiger partial charge in [-0.2, -0.15) is 0 Å². The Morgan fingerprint density at radius 1 is 1.16 bits per heavy atom. The lowest BCUT2D eigenvalue weighted by atomic mass is 10.1. The zero-order chi connectivity index (χ0) is 22.0. The van der Waals surface area contributed by atoms with Gasteiger partial charge in [-0.1, -0.05) is 18.2 Å². The van der Waals surface area contributed by atoms with Crippen molar-refractivity contribution < 1.29 is 19.1 Å². The molecule has 8 nitrogen and oxygen atoms in total. The number of hydrogen-bond donors (Lipinski definition) is 2. The molecule has 31 heavy (non-hydrogen) atoms. The van der Waals surface area contributed by atoms with Crippen LogP contribution in [0.3, 0.4) is 0 Å². The number of nitrogens with zero attached hydrogens (tertiary/aromatic N) is 2. The molecule has 0 spiro atoms. The molecule has 1 atom stereocenters. The Kier molecular flexibility index (Phi) is 5.85. The summed E-state index contributed by atoms with van der Waals surface area (Å²) in [4.78, 5) is 43.8. The number of aromatic nitrogens is 1. The number of pyridine rings is 1. The lowest BCUT2D eigenvalue weighted by Gasteiger charge is -2.21. The van der Waals surface area contributed by atoms with E-state index in [0.29, 0.717) is 16.4 Å². The summed E-state index contributed by atoms with van der Waals surface area (Å²) in [5.41, 5.74) is 6.65. The van der Waals surface area contributed by atoms with Crippen molar-refractivity contribution in [1.82, 2.24) is 4.98 Å². The molecular formula is C22H22N4O4S. The predicted octanol–water partition coefficient (Wildman–Crippen LogP) is 3.18. The molecule has 0 bridgehead atoms. The van der Waals surface area contributed by atoms with Crippen LogP contribution in [0.1, 0.15) is 40.5 Å². The quantitative estimate of drug-likeness (QED) is 0.571. The molecule has 1 fully saturated rings. The molecule has 160 valence electrons. The second-order valence-electron chi connectivity index (χ2n) is 7.31. The summed E-state index contributed by atoms with van der Waals surface area (Å²) in [6.07, 6.45) is 0.989. The fourth-order valence-corrected chi connectivity index (χ4v) is 4.31. The molecule has 2 amide bonds. The van der Waals surface area contributed by atoms with Gasteiger partial charge >= 0.3 is 5.97 Å². The smallest absolute Gasteiger partial charge is 0.342 e. The number of nitrogens with one attached hydrogen (secondary N) is 1. The van der Waals surface area contributed by atoms with E-state index < -0.39 is 23.9 Å². The van der Waals surface area contributed by atoms with Gasteiger partial charge in [0.25, 0.3) is 11.8 Å². The van der Waals surface area contributed by atoms with E-state index in [4.69, 9.17) is 15.5 Å². The number of hydrogen-bond acceptors (Lipinski definition) is 7. The number of anilines is 2. The van der Waals surface area contributed by atoms with Crippen LogP contribution in [-0.4, -0.2) is 42.0 Å². The molecular weight excluding hydrogens is 416 g/mol. The number of primary amides is 1. The zero-order valence-electron chi connectivity index (χ0n) is 17.0. The maximum atomic E-state index is 13.0. The van der Waals surface area contributed by atoms with Crippen LogP contribution in [0.4, 0.5) is 10.8 Å². The van der Waals surface area contributed by atoms with Gasteiger partial charge in [0.05, 0.1) is 11.1 Å². The number of amides is 2. The van der Waals surface area contributed by atoms with Crippen LogP contribution in [0, 0.1) is 0 Å². The average Bonchev–Trinajstić information content (AvgIpc) is 3.45. The van der Waals surface area contributed by atoms with E-state index in [-0.39, 0.29) is 5.56 Å². The first kappa shape index (κ1) is 20.8. The summed E-state index contributed by atoms with van der Waals surface area (Å²) < 4.78 is 5.47. The Labute approximate surface area is 183 Å². The van der Waals surface area contributed by atoms with Crippen molar-refractivity contribution in [2.75, 3.05) is 23.3 Å². The highest BCUT2D eigenvalue weighted by Gasteiger charge is 2.26. The first-order chi connectivity index (χ1) is 14.9. The molecule has 3 N–H and O–H groups in total. The van der Waals surface area contributed by atoms with Crippen LogP contribution >= 0.6 is 11.3 Å². The number of nitrogens with two attached hydrogens (primary N) is 1. The summed E-state index contributed by atoms with van der Waals surface area (Å²) in [5.74, 6) is -1.24. The molecule has 1 saturated heterocycles. The van der Waals surface area contributed by atoms with Crippen molar-refractivity contribution in [3.63, 3.8) is 0 Å². The van der Waals surface area contributed by atoms with Crippen molar-refractivity contribution >= 4 is 50.8 Å². The molecule has 0 saturated carbocycles. The average molecular weight is 439 g/mol. The van der Waals surface area contributed by atoms with Gasteiger partial charge in [-0.3, -0.25) is 9.59 Å². The van der Waals surface area contributed by atoms with Gasteiger partial charge < -0.3 is 20.7 Å². The van der Waals surface area contributed by atoms with Crippen molar-refractivity contribution in [3.8, 4) is 0 Å². The van der Waals surface area contributed by atoms with Gasteiger partial charge in [0.15, 0.2) is 6.10 Å². The highest BCUT2D eigenvalue weighted by atomic mass is 32.1. The zero-order valence-corrected chi connectivity index (χ0v) is 17.8. The van der Waals surface area contributed by atoms with Crippen LogP contribution < -0.4 is 16.0 Å². The minimum Gasteiger partial charge on any atom is -0.449 e. The van der Waals surface area contributed by atoms with Crippen LogP contribution in [0.15, 0.2) is 41.8 Å². The highest BCUT2D eigenvalue weighted by Crippen LogP contribution is 2.28. The van der Waals surface area contributed by atoms with Gasteiger partial charge in [-0.15, -0.1) is 11.3 Å². The van der Waals surface area contributed by atoms with E-state index in [2.05, 4.69) is 10.2 Å². The summed E-state index contributed by atoms with van der Waals surface area (Å²) in [7, 11) is 0. The number of rotatable bonds is 6. The third kappa shape index (κ3) is 4.36. The second-order valence-corrected chi connectivity index (χ2v) is 8.23. The molecule has 9 heteroatoms. The van der Waals surface area contributed by atoms with Crippen molar-refractivity contribution in [2.45, 2.75) is 25.9 Å². The SMILES string of the molecule is CC(OC(=O)c1cc2ccccc2nc1N1CCCC1)C(=O)Nc1sccc1C(N)=O. The van der Waals surface area contributed by atoms with Crippen LogP contribution in [0.2, 0.25) is 0 Å². The predicted molar refractivity (Wildman–Crippen MR) is 120 cm³/mol. The van der Waals surface area contributed by atoms with E-state index in [9.17, 15) is 14.4 Å². The monoisotopic (exact) mass is 438 g/mol. The lowest BCUT2D eigenvalue weighted by molar-refractivity contribution is -0.123. The summed E-state index contributed by atoms with van der Waals surface area (Å²) in [5, 5.41) is 5.39. The fourth-order valence-electron chi connectivity index (χ4n) is 3.52. The molecule has 0 aliphatic carbocycles. The second kappa shape index (κ2) is 8.73. The third-order valence-electron chi connectivity index (χ3n) is 5.15. The van der Waals surface area contributed by atoms with Crippen LogP contribution in [-0.2, 0) is 9.53 Å². The number of carbonyl (C=O) groups excluding carboxylic acids is 3. The normalized spacial score (nSPS) is 14.4. The molecule has 1 aliphatic rings.